The Bertz CT molecular complexity index is 3200. The summed E-state index contributed by atoms with van der Waals surface area (Å²) in [6.07, 6.45) is 0. The minimum atomic E-state index is -0.0993. The SMILES string of the molecule is CC1(C)c2ccccc2-c2ccc(N(c3ccccc3)c3cccc4c(-c5ccc(N(c6ccc(-c7ccccc7)cc6)c6ccc7ccccc7c6)cc5)cccc34)cc21. The highest BCUT2D eigenvalue weighted by molar-refractivity contribution is 6.06. The summed E-state index contributed by atoms with van der Waals surface area (Å²) >= 11 is 0. The van der Waals surface area contributed by atoms with Gasteiger partial charge in [-0.25, -0.2) is 0 Å². The Hall–Kier alpha value is -7.68. The lowest BCUT2D eigenvalue weighted by atomic mass is 9.82. The molecule has 2 nitrogen and oxygen atoms in total. The van der Waals surface area contributed by atoms with E-state index >= 15 is 0 Å². The topological polar surface area (TPSA) is 6.48 Å². The maximum atomic E-state index is 2.43. The van der Waals surface area contributed by atoms with Crippen LogP contribution in [-0.2, 0) is 5.41 Å². The van der Waals surface area contributed by atoms with Gasteiger partial charge >= 0.3 is 0 Å². The maximum absolute atomic E-state index is 2.43. The van der Waals surface area contributed by atoms with Crippen LogP contribution in [0.3, 0.4) is 0 Å². The summed E-state index contributed by atoms with van der Waals surface area (Å²) in [5.41, 5.74) is 16.8. The molecule has 0 saturated heterocycles. The van der Waals surface area contributed by atoms with Gasteiger partial charge in [0.05, 0.1) is 5.69 Å². The molecule has 0 saturated carbocycles. The molecule has 0 heterocycles. The van der Waals surface area contributed by atoms with Crippen molar-refractivity contribution in [1.82, 2.24) is 0 Å². The number of nitrogens with zero attached hydrogens (tertiary/aromatic N) is 2. The van der Waals surface area contributed by atoms with Gasteiger partial charge in [0.25, 0.3) is 0 Å². The zero-order valence-electron chi connectivity index (χ0n) is 34.3. The number of benzene rings is 10. The first-order valence-corrected chi connectivity index (χ1v) is 21.2. The zero-order valence-corrected chi connectivity index (χ0v) is 34.3. The summed E-state index contributed by atoms with van der Waals surface area (Å²) in [7, 11) is 0. The van der Waals surface area contributed by atoms with Gasteiger partial charge in [-0.1, -0.05) is 178 Å². The van der Waals surface area contributed by atoms with Crippen molar-refractivity contribution >= 4 is 55.7 Å². The van der Waals surface area contributed by atoms with Crippen molar-refractivity contribution in [3.8, 4) is 33.4 Å². The summed E-state index contributed by atoms with van der Waals surface area (Å²) in [4.78, 5) is 4.79. The Labute approximate surface area is 358 Å². The molecule has 1 aliphatic rings. The van der Waals surface area contributed by atoms with E-state index in [2.05, 4.69) is 254 Å². The third-order valence-electron chi connectivity index (χ3n) is 12.6. The van der Waals surface area contributed by atoms with Crippen molar-refractivity contribution in [3.05, 3.63) is 242 Å². The number of para-hydroxylation sites is 1. The Morgan fingerprint density at radius 2 is 0.820 bits per heavy atom. The molecule has 0 aliphatic heterocycles. The third-order valence-corrected chi connectivity index (χ3v) is 12.6. The molecule has 1 aliphatic carbocycles. The highest BCUT2D eigenvalue weighted by atomic mass is 15.1. The largest absolute Gasteiger partial charge is 0.310 e. The molecule has 10 aromatic rings. The molecule has 11 rings (SSSR count). The maximum Gasteiger partial charge on any atom is 0.0540 e. The molecule has 290 valence electrons. The quantitative estimate of drug-likeness (QED) is 0.152. The fourth-order valence-electron chi connectivity index (χ4n) is 9.56. The number of hydrogen-bond donors (Lipinski definition) is 0. The van der Waals surface area contributed by atoms with Crippen molar-refractivity contribution < 1.29 is 0 Å². The standard InChI is InChI=1S/C59H44N2/c1-59(2)56-25-12-11-21-53(56)54-38-37-50(40-57(54)59)61(46-19-7-4-8-20-46)58-26-14-23-52-51(22-13-24-55(52)58)44-30-34-48(35-31-44)60(49-36-29-42-17-9-10-18-45(42)39-49)47-32-27-43(28-33-47)41-15-5-3-6-16-41/h3-40H,1-2H3. The molecule has 2 heteroatoms. The molecule has 0 amide bonds. The van der Waals surface area contributed by atoms with E-state index < -0.39 is 0 Å². The first-order valence-electron chi connectivity index (χ1n) is 21.2. The lowest BCUT2D eigenvalue weighted by Gasteiger charge is -2.29. The van der Waals surface area contributed by atoms with Crippen LogP contribution in [0.1, 0.15) is 25.0 Å². The van der Waals surface area contributed by atoms with Crippen LogP contribution in [-0.4, -0.2) is 0 Å². The van der Waals surface area contributed by atoms with Gasteiger partial charge in [0.1, 0.15) is 0 Å². The fourth-order valence-corrected chi connectivity index (χ4v) is 9.56. The first kappa shape index (κ1) is 36.4. The second kappa shape index (κ2) is 14.9. The van der Waals surface area contributed by atoms with Gasteiger partial charge in [0.2, 0.25) is 0 Å². The summed E-state index contributed by atoms with van der Waals surface area (Å²) in [6.45, 7) is 4.71. The number of hydrogen-bond acceptors (Lipinski definition) is 2. The molecular formula is C59H44N2. The van der Waals surface area contributed by atoms with E-state index in [0.717, 1.165) is 34.1 Å². The minimum absolute atomic E-state index is 0.0993. The van der Waals surface area contributed by atoms with Gasteiger partial charge in [0.15, 0.2) is 0 Å². The fraction of sp³-hybridized carbons (Fsp3) is 0.0508. The highest BCUT2D eigenvalue weighted by Gasteiger charge is 2.35. The summed E-state index contributed by atoms with van der Waals surface area (Å²) in [6, 6.07) is 84.0. The molecule has 0 bridgehead atoms. The van der Waals surface area contributed by atoms with Crippen LogP contribution in [0.5, 0.6) is 0 Å². The monoisotopic (exact) mass is 780 g/mol. The van der Waals surface area contributed by atoms with Crippen LogP contribution >= 0.6 is 0 Å². The van der Waals surface area contributed by atoms with E-state index in [0.29, 0.717) is 0 Å². The lowest BCUT2D eigenvalue weighted by Crippen LogP contribution is -2.16. The van der Waals surface area contributed by atoms with Crippen LogP contribution in [0.2, 0.25) is 0 Å². The predicted molar refractivity (Wildman–Crippen MR) is 259 cm³/mol. The average molecular weight is 781 g/mol. The number of rotatable bonds is 8. The van der Waals surface area contributed by atoms with Crippen LogP contribution < -0.4 is 9.80 Å². The van der Waals surface area contributed by atoms with Gasteiger partial charge in [0, 0.05) is 39.2 Å². The Balaban J connectivity index is 0.997. The van der Waals surface area contributed by atoms with Crippen molar-refractivity contribution in [2.45, 2.75) is 19.3 Å². The molecule has 61 heavy (non-hydrogen) atoms. The molecule has 10 aromatic carbocycles. The molecule has 0 radical (unpaired) electrons. The van der Waals surface area contributed by atoms with Gasteiger partial charge in [-0.3, -0.25) is 0 Å². The summed E-state index contributed by atoms with van der Waals surface area (Å²) < 4.78 is 0. The van der Waals surface area contributed by atoms with E-state index in [1.807, 2.05) is 0 Å². The van der Waals surface area contributed by atoms with Crippen LogP contribution in [0.4, 0.5) is 34.1 Å². The zero-order chi connectivity index (χ0) is 40.9. The number of fused-ring (bicyclic) bond motifs is 5. The van der Waals surface area contributed by atoms with Crippen LogP contribution in [0, 0.1) is 0 Å². The van der Waals surface area contributed by atoms with E-state index in [1.165, 1.54) is 66.1 Å². The van der Waals surface area contributed by atoms with Crippen LogP contribution in [0.25, 0.3) is 54.9 Å². The second-order valence-electron chi connectivity index (χ2n) is 16.6. The van der Waals surface area contributed by atoms with Gasteiger partial charge < -0.3 is 9.80 Å². The third kappa shape index (κ3) is 6.36. The van der Waals surface area contributed by atoms with Crippen molar-refractivity contribution in [2.24, 2.45) is 0 Å². The average Bonchev–Trinajstić information content (AvgIpc) is 3.55. The van der Waals surface area contributed by atoms with Crippen molar-refractivity contribution in [1.29, 1.82) is 0 Å². The predicted octanol–water partition coefficient (Wildman–Crippen LogP) is 16.6. The molecule has 0 aromatic heterocycles. The highest BCUT2D eigenvalue weighted by Crippen LogP contribution is 2.51. The van der Waals surface area contributed by atoms with Gasteiger partial charge in [-0.15, -0.1) is 0 Å². The van der Waals surface area contributed by atoms with Crippen molar-refractivity contribution in [2.75, 3.05) is 9.80 Å². The molecule has 0 fully saturated rings. The number of anilines is 6. The second-order valence-corrected chi connectivity index (χ2v) is 16.6. The van der Waals surface area contributed by atoms with Crippen LogP contribution in [0.15, 0.2) is 231 Å². The smallest absolute Gasteiger partial charge is 0.0540 e. The Morgan fingerprint density at radius 3 is 1.59 bits per heavy atom. The molecule has 0 N–H and O–H groups in total. The Kier molecular flexibility index (Phi) is 8.86. The molecule has 0 unspecified atom stereocenters. The van der Waals surface area contributed by atoms with E-state index in [9.17, 15) is 0 Å². The molecule has 0 spiro atoms. The molecule has 0 atom stereocenters. The molecular weight excluding hydrogens is 737 g/mol. The summed E-state index contributed by atoms with van der Waals surface area (Å²) in [5.74, 6) is 0. The first-order chi connectivity index (χ1) is 30.0. The minimum Gasteiger partial charge on any atom is -0.310 e. The lowest BCUT2D eigenvalue weighted by molar-refractivity contribution is 0.660. The van der Waals surface area contributed by atoms with E-state index in [-0.39, 0.29) is 5.41 Å². The van der Waals surface area contributed by atoms with E-state index in [1.54, 1.807) is 0 Å². The van der Waals surface area contributed by atoms with Gasteiger partial charge in [-0.05, 0) is 127 Å². The van der Waals surface area contributed by atoms with E-state index in [4.69, 9.17) is 0 Å². The Morgan fingerprint density at radius 1 is 0.295 bits per heavy atom. The van der Waals surface area contributed by atoms with Crippen molar-refractivity contribution in [3.63, 3.8) is 0 Å². The summed E-state index contributed by atoms with van der Waals surface area (Å²) in [5, 5.41) is 4.86. The normalized spacial score (nSPS) is 12.6. The van der Waals surface area contributed by atoms with Gasteiger partial charge in [-0.2, -0.15) is 0 Å².